The number of rotatable bonds is 6. The summed E-state index contributed by atoms with van der Waals surface area (Å²) in [7, 11) is 3.15. The van der Waals surface area contributed by atoms with Crippen molar-refractivity contribution < 1.29 is 23.2 Å². The Bertz CT molecular complexity index is 1120. The van der Waals surface area contributed by atoms with Crippen molar-refractivity contribution in [2.45, 2.75) is 25.3 Å². The number of ether oxygens (including phenoxy) is 2. The molecule has 2 heterocycles. The van der Waals surface area contributed by atoms with Crippen LogP contribution in [0.1, 0.15) is 36.8 Å². The van der Waals surface area contributed by atoms with E-state index in [0.29, 0.717) is 35.3 Å². The number of likely N-dealkylation sites (tertiary alicyclic amines) is 1. The van der Waals surface area contributed by atoms with Gasteiger partial charge in [-0.15, -0.1) is 0 Å². The molecule has 0 aliphatic carbocycles. The second kappa shape index (κ2) is 8.55. The fourth-order valence-corrected chi connectivity index (χ4v) is 3.90. The summed E-state index contributed by atoms with van der Waals surface area (Å²) in [6, 6.07) is 9.65. The van der Waals surface area contributed by atoms with E-state index >= 15 is 0 Å². The lowest BCUT2D eigenvalue weighted by molar-refractivity contribution is -0.129. The van der Waals surface area contributed by atoms with E-state index in [4.69, 9.17) is 25.6 Å². The van der Waals surface area contributed by atoms with Gasteiger partial charge in [0.05, 0.1) is 31.2 Å². The number of carbonyl (C=O) groups is 1. The molecule has 1 aliphatic rings. The number of methoxy groups -OCH3 is 2. The second-order valence-corrected chi connectivity index (χ2v) is 7.73. The SMILES string of the molecule is COc1ccc(C(C)N2CC(c3nc(-c4ccc(F)c(Cl)c4)no3)CC2=O)cc1OC. The van der Waals surface area contributed by atoms with Crippen LogP contribution in [-0.4, -0.2) is 41.7 Å². The van der Waals surface area contributed by atoms with E-state index in [9.17, 15) is 9.18 Å². The Labute approximate surface area is 183 Å². The molecular formula is C22H21ClFN3O4. The summed E-state index contributed by atoms with van der Waals surface area (Å²) < 4.78 is 29.5. The van der Waals surface area contributed by atoms with Crippen LogP contribution >= 0.6 is 11.6 Å². The van der Waals surface area contributed by atoms with Gasteiger partial charge in [-0.2, -0.15) is 4.98 Å². The van der Waals surface area contributed by atoms with E-state index < -0.39 is 5.82 Å². The van der Waals surface area contributed by atoms with Crippen LogP contribution in [0.5, 0.6) is 11.5 Å². The van der Waals surface area contributed by atoms with Gasteiger partial charge in [0.2, 0.25) is 17.6 Å². The van der Waals surface area contributed by atoms with Gasteiger partial charge in [0.15, 0.2) is 11.5 Å². The lowest BCUT2D eigenvalue weighted by atomic mass is 10.1. The van der Waals surface area contributed by atoms with E-state index in [2.05, 4.69) is 10.1 Å². The third-order valence-corrected chi connectivity index (χ3v) is 5.77. The molecule has 0 N–H and O–H groups in total. The van der Waals surface area contributed by atoms with Gasteiger partial charge in [0.1, 0.15) is 5.82 Å². The maximum atomic E-state index is 13.4. The first-order chi connectivity index (χ1) is 14.9. The van der Waals surface area contributed by atoms with Gasteiger partial charge in [-0.25, -0.2) is 4.39 Å². The van der Waals surface area contributed by atoms with Crippen molar-refractivity contribution in [2.24, 2.45) is 0 Å². The van der Waals surface area contributed by atoms with Gasteiger partial charge in [-0.05, 0) is 42.8 Å². The largest absolute Gasteiger partial charge is 0.493 e. The molecule has 2 unspecified atom stereocenters. The van der Waals surface area contributed by atoms with Crippen LogP contribution in [0.3, 0.4) is 0 Å². The van der Waals surface area contributed by atoms with Gasteiger partial charge >= 0.3 is 0 Å². The smallest absolute Gasteiger partial charge is 0.232 e. The van der Waals surface area contributed by atoms with Gasteiger partial charge in [0.25, 0.3) is 0 Å². The highest BCUT2D eigenvalue weighted by Gasteiger charge is 2.37. The molecule has 7 nitrogen and oxygen atoms in total. The van der Waals surface area contributed by atoms with Crippen molar-refractivity contribution in [1.29, 1.82) is 0 Å². The molecule has 2 aromatic carbocycles. The summed E-state index contributed by atoms with van der Waals surface area (Å²) in [5.74, 6) is 1.15. The van der Waals surface area contributed by atoms with Gasteiger partial charge in [-0.3, -0.25) is 4.79 Å². The Kier molecular flexibility index (Phi) is 5.82. The van der Waals surface area contributed by atoms with E-state index in [1.54, 1.807) is 19.1 Å². The molecule has 9 heteroatoms. The third kappa shape index (κ3) is 4.07. The number of hydrogen-bond donors (Lipinski definition) is 0. The fraction of sp³-hybridized carbons (Fsp3) is 0.318. The predicted molar refractivity (Wildman–Crippen MR) is 112 cm³/mol. The molecule has 1 aliphatic heterocycles. The van der Waals surface area contributed by atoms with Crippen LogP contribution in [0.25, 0.3) is 11.4 Å². The van der Waals surface area contributed by atoms with Crippen molar-refractivity contribution in [3.8, 4) is 22.9 Å². The van der Waals surface area contributed by atoms with Crippen LogP contribution in [0, 0.1) is 5.82 Å². The van der Waals surface area contributed by atoms with Gasteiger partial charge in [0, 0.05) is 18.5 Å². The number of amides is 1. The molecule has 1 saturated heterocycles. The Hall–Kier alpha value is -3.13. The maximum Gasteiger partial charge on any atom is 0.232 e. The molecule has 2 atom stereocenters. The molecule has 4 rings (SSSR count). The zero-order valence-electron chi connectivity index (χ0n) is 17.3. The van der Waals surface area contributed by atoms with E-state index in [-0.39, 0.29) is 29.3 Å². The highest BCUT2D eigenvalue weighted by atomic mass is 35.5. The minimum absolute atomic E-state index is 0.00291. The monoisotopic (exact) mass is 445 g/mol. The van der Waals surface area contributed by atoms with Crippen molar-refractivity contribution in [1.82, 2.24) is 15.0 Å². The summed E-state index contributed by atoms with van der Waals surface area (Å²) in [4.78, 5) is 18.9. The van der Waals surface area contributed by atoms with Crippen LogP contribution in [0.4, 0.5) is 4.39 Å². The van der Waals surface area contributed by atoms with E-state index in [1.165, 1.54) is 18.2 Å². The minimum Gasteiger partial charge on any atom is -0.493 e. The number of carbonyl (C=O) groups excluding carboxylic acids is 1. The molecule has 0 spiro atoms. The molecule has 0 saturated carbocycles. The third-order valence-electron chi connectivity index (χ3n) is 5.48. The molecule has 3 aromatic rings. The van der Waals surface area contributed by atoms with Crippen LogP contribution in [0.2, 0.25) is 5.02 Å². The molecule has 31 heavy (non-hydrogen) atoms. The summed E-state index contributed by atoms with van der Waals surface area (Å²) in [6.07, 6.45) is 0.267. The molecular weight excluding hydrogens is 425 g/mol. The Morgan fingerprint density at radius 3 is 2.68 bits per heavy atom. The topological polar surface area (TPSA) is 77.7 Å². The van der Waals surface area contributed by atoms with Crippen LogP contribution in [0.15, 0.2) is 40.9 Å². The predicted octanol–water partition coefficient (Wildman–Crippen LogP) is 4.62. The normalized spacial score (nSPS) is 17.1. The standard InChI is InChI=1S/C22H21ClFN3O4/c1-12(13-5-7-18(29-2)19(9-13)30-3)27-11-15(10-20(27)28)22-25-21(26-31-22)14-4-6-17(24)16(23)8-14/h4-9,12,15H,10-11H2,1-3H3. The Morgan fingerprint density at radius 1 is 1.19 bits per heavy atom. The highest BCUT2D eigenvalue weighted by molar-refractivity contribution is 6.31. The number of benzene rings is 2. The lowest BCUT2D eigenvalue weighted by Gasteiger charge is -2.25. The Morgan fingerprint density at radius 2 is 1.97 bits per heavy atom. The average molecular weight is 446 g/mol. The Balaban J connectivity index is 1.52. The molecule has 1 fully saturated rings. The number of aromatic nitrogens is 2. The highest BCUT2D eigenvalue weighted by Crippen LogP contribution is 2.37. The number of halogens is 2. The summed E-state index contributed by atoms with van der Waals surface area (Å²) in [5, 5.41) is 3.95. The molecule has 0 bridgehead atoms. The maximum absolute atomic E-state index is 13.4. The quantitative estimate of drug-likeness (QED) is 0.550. The first-order valence-electron chi connectivity index (χ1n) is 9.71. The minimum atomic E-state index is -0.518. The fourth-order valence-electron chi connectivity index (χ4n) is 3.72. The lowest BCUT2D eigenvalue weighted by Crippen LogP contribution is -2.28. The molecule has 1 aromatic heterocycles. The molecule has 1 amide bonds. The van der Waals surface area contributed by atoms with Crippen molar-refractivity contribution in [3.63, 3.8) is 0 Å². The average Bonchev–Trinajstić information content (AvgIpc) is 3.41. The number of nitrogens with zero attached hydrogens (tertiary/aromatic N) is 3. The first-order valence-corrected chi connectivity index (χ1v) is 10.1. The summed E-state index contributed by atoms with van der Waals surface area (Å²) in [5.41, 5.74) is 1.47. The summed E-state index contributed by atoms with van der Waals surface area (Å²) in [6.45, 7) is 2.40. The van der Waals surface area contributed by atoms with Crippen molar-refractivity contribution in [2.75, 3.05) is 20.8 Å². The van der Waals surface area contributed by atoms with Crippen molar-refractivity contribution in [3.05, 3.63) is 58.7 Å². The summed E-state index contributed by atoms with van der Waals surface area (Å²) >= 11 is 5.84. The first kappa shape index (κ1) is 21.1. The molecule has 0 radical (unpaired) electrons. The number of hydrogen-bond acceptors (Lipinski definition) is 6. The van der Waals surface area contributed by atoms with Crippen molar-refractivity contribution >= 4 is 17.5 Å². The second-order valence-electron chi connectivity index (χ2n) is 7.32. The van der Waals surface area contributed by atoms with E-state index in [0.717, 1.165) is 5.56 Å². The molecule has 162 valence electrons. The van der Waals surface area contributed by atoms with Crippen LogP contribution in [-0.2, 0) is 4.79 Å². The van der Waals surface area contributed by atoms with Gasteiger partial charge in [-0.1, -0.05) is 22.8 Å². The zero-order valence-corrected chi connectivity index (χ0v) is 18.0. The van der Waals surface area contributed by atoms with E-state index in [1.807, 2.05) is 25.1 Å². The zero-order chi connectivity index (χ0) is 22.1. The van der Waals surface area contributed by atoms with Crippen LogP contribution < -0.4 is 9.47 Å². The van der Waals surface area contributed by atoms with Gasteiger partial charge < -0.3 is 18.9 Å².